The minimum atomic E-state index is -2.81. The molecule has 0 aliphatic rings. The maximum atomic E-state index is 12.1. The lowest BCUT2D eigenvalue weighted by molar-refractivity contribution is -0.0498. The van der Waals surface area contributed by atoms with Crippen LogP contribution in [0.4, 0.5) is 19.6 Å². The van der Waals surface area contributed by atoms with E-state index in [1.165, 1.54) is 23.5 Å². The predicted octanol–water partition coefficient (Wildman–Crippen LogP) is 5.40. The second kappa shape index (κ2) is 5.95. The van der Waals surface area contributed by atoms with Crippen LogP contribution in [-0.4, -0.2) is 11.6 Å². The van der Waals surface area contributed by atoms with E-state index in [1.807, 2.05) is 18.2 Å². The number of aromatic nitrogens is 1. The summed E-state index contributed by atoms with van der Waals surface area (Å²) >= 11 is 4.94. The number of halogens is 3. The van der Waals surface area contributed by atoms with Crippen LogP contribution in [-0.2, 0) is 0 Å². The standard InChI is InChI=1S/C14H9BrF2N2OS/c15-8-1-6-11-12(7-8)21-14(19-11)18-9-2-4-10(5-3-9)20-13(16)17/h1-7,13H,(H,18,19). The molecule has 0 bridgehead atoms. The van der Waals surface area contributed by atoms with Crippen LogP contribution in [0.2, 0.25) is 0 Å². The fourth-order valence-electron chi connectivity index (χ4n) is 1.80. The van der Waals surface area contributed by atoms with Crippen LogP contribution in [0.1, 0.15) is 0 Å². The molecule has 0 spiro atoms. The number of nitrogens with zero attached hydrogens (tertiary/aromatic N) is 1. The lowest BCUT2D eigenvalue weighted by Gasteiger charge is -2.06. The van der Waals surface area contributed by atoms with Crippen LogP contribution >= 0.6 is 27.3 Å². The molecule has 1 aromatic heterocycles. The number of nitrogens with one attached hydrogen (secondary N) is 1. The third kappa shape index (κ3) is 3.48. The van der Waals surface area contributed by atoms with E-state index >= 15 is 0 Å². The maximum absolute atomic E-state index is 12.1. The molecule has 0 aliphatic carbocycles. The molecule has 3 aromatic rings. The molecule has 7 heteroatoms. The molecule has 21 heavy (non-hydrogen) atoms. The van der Waals surface area contributed by atoms with Gasteiger partial charge in [-0.05, 0) is 42.5 Å². The average molecular weight is 371 g/mol. The van der Waals surface area contributed by atoms with Crippen molar-refractivity contribution in [3.8, 4) is 5.75 Å². The van der Waals surface area contributed by atoms with E-state index in [4.69, 9.17) is 0 Å². The van der Waals surface area contributed by atoms with Gasteiger partial charge in [-0.2, -0.15) is 8.78 Å². The highest BCUT2D eigenvalue weighted by molar-refractivity contribution is 9.10. The minimum absolute atomic E-state index is 0.129. The number of hydrogen-bond donors (Lipinski definition) is 1. The first kappa shape index (κ1) is 14.2. The molecule has 2 aromatic carbocycles. The van der Waals surface area contributed by atoms with Crippen molar-refractivity contribution in [2.24, 2.45) is 0 Å². The summed E-state index contributed by atoms with van der Waals surface area (Å²) in [6.07, 6.45) is 0. The summed E-state index contributed by atoms with van der Waals surface area (Å²) in [6, 6.07) is 12.2. The molecule has 0 saturated heterocycles. The molecule has 0 aliphatic heterocycles. The first-order valence-electron chi connectivity index (χ1n) is 5.98. The summed E-state index contributed by atoms with van der Waals surface area (Å²) in [6.45, 7) is -2.81. The van der Waals surface area contributed by atoms with Gasteiger partial charge in [-0.25, -0.2) is 4.98 Å². The number of benzene rings is 2. The second-order valence-electron chi connectivity index (χ2n) is 4.16. The molecule has 108 valence electrons. The topological polar surface area (TPSA) is 34.1 Å². The number of ether oxygens (including phenoxy) is 1. The molecule has 0 radical (unpaired) electrons. The van der Waals surface area contributed by atoms with Gasteiger partial charge in [0.1, 0.15) is 5.75 Å². The summed E-state index contributed by atoms with van der Waals surface area (Å²) in [5.74, 6) is 0.129. The van der Waals surface area contributed by atoms with Crippen LogP contribution < -0.4 is 10.1 Å². The molecule has 3 rings (SSSR count). The average Bonchev–Trinajstić information content (AvgIpc) is 2.82. The van der Waals surface area contributed by atoms with Gasteiger partial charge in [-0.1, -0.05) is 27.3 Å². The normalized spacial score (nSPS) is 11.0. The molecule has 0 amide bonds. The van der Waals surface area contributed by atoms with Crippen LogP contribution in [0.5, 0.6) is 5.75 Å². The Kier molecular flexibility index (Phi) is 4.03. The maximum Gasteiger partial charge on any atom is 0.387 e. The van der Waals surface area contributed by atoms with E-state index in [0.29, 0.717) is 0 Å². The molecule has 0 unspecified atom stereocenters. The lowest BCUT2D eigenvalue weighted by Crippen LogP contribution is -2.01. The van der Waals surface area contributed by atoms with Crippen molar-refractivity contribution in [2.75, 3.05) is 5.32 Å². The smallest absolute Gasteiger partial charge is 0.387 e. The Balaban J connectivity index is 1.78. The summed E-state index contributed by atoms with van der Waals surface area (Å²) < 4.78 is 30.5. The molecule has 0 atom stereocenters. The molecular formula is C14H9BrF2N2OS. The highest BCUT2D eigenvalue weighted by Gasteiger charge is 2.06. The van der Waals surface area contributed by atoms with E-state index in [0.717, 1.165) is 25.5 Å². The molecule has 0 saturated carbocycles. The predicted molar refractivity (Wildman–Crippen MR) is 83.7 cm³/mol. The van der Waals surface area contributed by atoms with Gasteiger partial charge in [0.2, 0.25) is 0 Å². The Morgan fingerprint density at radius 3 is 2.62 bits per heavy atom. The number of alkyl halides is 2. The van der Waals surface area contributed by atoms with Gasteiger partial charge in [-0.3, -0.25) is 0 Å². The van der Waals surface area contributed by atoms with Gasteiger partial charge in [0.05, 0.1) is 10.2 Å². The van der Waals surface area contributed by atoms with Crippen molar-refractivity contribution in [2.45, 2.75) is 6.61 Å². The molecule has 1 heterocycles. The summed E-state index contributed by atoms with van der Waals surface area (Å²) in [7, 11) is 0. The zero-order valence-electron chi connectivity index (χ0n) is 10.5. The van der Waals surface area contributed by atoms with Crippen molar-refractivity contribution in [3.63, 3.8) is 0 Å². The van der Waals surface area contributed by atoms with Crippen molar-refractivity contribution < 1.29 is 13.5 Å². The molecule has 0 fully saturated rings. The van der Waals surface area contributed by atoms with Gasteiger partial charge < -0.3 is 10.1 Å². The van der Waals surface area contributed by atoms with Crippen LogP contribution in [0, 0.1) is 0 Å². The third-order valence-electron chi connectivity index (χ3n) is 2.68. The first-order valence-corrected chi connectivity index (χ1v) is 7.59. The zero-order chi connectivity index (χ0) is 14.8. The van der Waals surface area contributed by atoms with Crippen molar-refractivity contribution in [1.82, 2.24) is 4.98 Å². The van der Waals surface area contributed by atoms with Crippen LogP contribution in [0.15, 0.2) is 46.9 Å². The molecular weight excluding hydrogens is 362 g/mol. The van der Waals surface area contributed by atoms with E-state index in [1.54, 1.807) is 12.1 Å². The van der Waals surface area contributed by atoms with Crippen molar-refractivity contribution in [1.29, 1.82) is 0 Å². The lowest BCUT2D eigenvalue weighted by atomic mass is 10.3. The Labute approximate surface area is 131 Å². The SMILES string of the molecule is FC(F)Oc1ccc(Nc2nc3ccc(Br)cc3s2)cc1. The largest absolute Gasteiger partial charge is 0.435 e. The zero-order valence-corrected chi connectivity index (χ0v) is 12.9. The summed E-state index contributed by atoms with van der Waals surface area (Å²) in [5, 5.41) is 3.88. The fraction of sp³-hybridized carbons (Fsp3) is 0.0714. The second-order valence-corrected chi connectivity index (χ2v) is 6.11. The monoisotopic (exact) mass is 370 g/mol. The highest BCUT2D eigenvalue weighted by atomic mass is 79.9. The summed E-state index contributed by atoms with van der Waals surface area (Å²) in [5.41, 5.74) is 1.66. The van der Waals surface area contributed by atoms with Crippen LogP contribution in [0.3, 0.4) is 0 Å². The number of rotatable bonds is 4. The van der Waals surface area contributed by atoms with Gasteiger partial charge >= 0.3 is 6.61 Å². The molecule has 1 N–H and O–H groups in total. The Morgan fingerprint density at radius 2 is 1.90 bits per heavy atom. The van der Waals surface area contributed by atoms with E-state index in [9.17, 15) is 8.78 Å². The van der Waals surface area contributed by atoms with Gasteiger partial charge in [0, 0.05) is 10.2 Å². The van der Waals surface area contributed by atoms with E-state index < -0.39 is 6.61 Å². The Bertz CT molecular complexity index is 761. The summed E-state index contributed by atoms with van der Waals surface area (Å²) in [4.78, 5) is 4.46. The van der Waals surface area contributed by atoms with Gasteiger partial charge in [-0.15, -0.1) is 0 Å². The highest BCUT2D eigenvalue weighted by Crippen LogP contribution is 2.30. The Hall–Kier alpha value is -1.73. The number of thiazole rings is 1. The van der Waals surface area contributed by atoms with Gasteiger partial charge in [0.25, 0.3) is 0 Å². The number of hydrogen-bond acceptors (Lipinski definition) is 4. The third-order valence-corrected chi connectivity index (χ3v) is 4.11. The minimum Gasteiger partial charge on any atom is -0.435 e. The van der Waals surface area contributed by atoms with Crippen molar-refractivity contribution in [3.05, 3.63) is 46.9 Å². The molecule has 3 nitrogen and oxygen atoms in total. The number of anilines is 2. The number of fused-ring (bicyclic) bond motifs is 1. The fourth-order valence-corrected chi connectivity index (χ4v) is 3.23. The van der Waals surface area contributed by atoms with Gasteiger partial charge in [0.15, 0.2) is 5.13 Å². The quantitative estimate of drug-likeness (QED) is 0.667. The van der Waals surface area contributed by atoms with Crippen LogP contribution in [0.25, 0.3) is 10.2 Å². The first-order chi connectivity index (χ1) is 10.1. The van der Waals surface area contributed by atoms with Crippen molar-refractivity contribution >= 4 is 48.3 Å². The Morgan fingerprint density at radius 1 is 1.14 bits per heavy atom. The van der Waals surface area contributed by atoms with E-state index in [2.05, 4.69) is 31.0 Å². The van der Waals surface area contributed by atoms with E-state index in [-0.39, 0.29) is 5.75 Å².